The van der Waals surface area contributed by atoms with Crippen molar-refractivity contribution >= 4 is 11.6 Å². The van der Waals surface area contributed by atoms with Crippen LogP contribution in [0.15, 0.2) is 36.7 Å². The fourth-order valence-corrected chi connectivity index (χ4v) is 1.64. The molecule has 0 spiro atoms. The van der Waals surface area contributed by atoms with Gasteiger partial charge in [-0.3, -0.25) is 0 Å². The fraction of sp³-hybridized carbons (Fsp3) is 0.182. The van der Waals surface area contributed by atoms with Crippen LogP contribution in [0, 0.1) is 6.92 Å². The van der Waals surface area contributed by atoms with Crippen molar-refractivity contribution in [3.05, 3.63) is 47.8 Å². The van der Waals surface area contributed by atoms with Crippen molar-refractivity contribution < 1.29 is 0 Å². The Morgan fingerprint density at radius 2 is 2.29 bits per heavy atom. The minimum absolute atomic E-state index is 0.556. The van der Waals surface area contributed by atoms with E-state index in [1.165, 1.54) is 5.56 Å². The van der Waals surface area contributed by atoms with E-state index in [-0.39, 0.29) is 0 Å². The minimum atomic E-state index is 0.556. The van der Waals surface area contributed by atoms with E-state index in [0.717, 1.165) is 11.3 Å². The quantitative estimate of drug-likeness (QED) is 0.691. The van der Waals surface area contributed by atoms with Gasteiger partial charge in [-0.1, -0.05) is 12.1 Å². The summed E-state index contributed by atoms with van der Waals surface area (Å²) in [7, 11) is 0. The fourth-order valence-electron chi connectivity index (χ4n) is 1.47. The molecule has 2 rings (SSSR count). The highest BCUT2D eigenvalue weighted by Crippen LogP contribution is 2.15. The molecule has 1 heterocycles. The van der Waals surface area contributed by atoms with Crippen molar-refractivity contribution in [3.63, 3.8) is 0 Å². The predicted molar refractivity (Wildman–Crippen MR) is 57.9 cm³/mol. The van der Waals surface area contributed by atoms with Crippen molar-refractivity contribution in [2.75, 3.05) is 0 Å². The minimum Gasteiger partial charge on any atom is -0.241 e. The SMILES string of the molecule is Cc1cc(CCl)ccc1-n1cccn1. The molecule has 3 heteroatoms. The van der Waals surface area contributed by atoms with Crippen LogP contribution >= 0.6 is 11.6 Å². The van der Waals surface area contributed by atoms with Gasteiger partial charge < -0.3 is 0 Å². The second-order valence-corrected chi connectivity index (χ2v) is 3.47. The first-order chi connectivity index (χ1) is 6.81. The largest absolute Gasteiger partial charge is 0.241 e. The van der Waals surface area contributed by atoms with Crippen LogP contribution in [0.1, 0.15) is 11.1 Å². The maximum atomic E-state index is 5.75. The maximum Gasteiger partial charge on any atom is 0.0674 e. The zero-order valence-corrected chi connectivity index (χ0v) is 8.70. The van der Waals surface area contributed by atoms with E-state index in [2.05, 4.69) is 18.1 Å². The Morgan fingerprint density at radius 1 is 1.43 bits per heavy atom. The second-order valence-electron chi connectivity index (χ2n) is 3.21. The number of hydrogen-bond acceptors (Lipinski definition) is 1. The monoisotopic (exact) mass is 206 g/mol. The van der Waals surface area contributed by atoms with Gasteiger partial charge in [-0.15, -0.1) is 11.6 Å². The lowest BCUT2D eigenvalue weighted by molar-refractivity contribution is 0.872. The Bertz CT molecular complexity index is 421. The van der Waals surface area contributed by atoms with Crippen molar-refractivity contribution in [1.29, 1.82) is 0 Å². The molecule has 0 radical (unpaired) electrons. The van der Waals surface area contributed by atoms with Crippen LogP contribution in [0.3, 0.4) is 0 Å². The first kappa shape index (κ1) is 9.28. The van der Waals surface area contributed by atoms with Crippen LogP contribution < -0.4 is 0 Å². The number of aromatic nitrogens is 2. The van der Waals surface area contributed by atoms with Gasteiger partial charge >= 0.3 is 0 Å². The summed E-state index contributed by atoms with van der Waals surface area (Å²) in [5.41, 5.74) is 3.43. The third kappa shape index (κ3) is 1.66. The number of nitrogens with zero attached hydrogens (tertiary/aromatic N) is 2. The van der Waals surface area contributed by atoms with E-state index in [4.69, 9.17) is 11.6 Å². The van der Waals surface area contributed by atoms with E-state index in [9.17, 15) is 0 Å². The molecule has 1 aromatic carbocycles. The lowest BCUT2D eigenvalue weighted by atomic mass is 10.1. The first-order valence-electron chi connectivity index (χ1n) is 4.47. The van der Waals surface area contributed by atoms with Gasteiger partial charge in [0.1, 0.15) is 0 Å². The zero-order valence-electron chi connectivity index (χ0n) is 7.94. The second kappa shape index (κ2) is 3.84. The number of hydrogen-bond donors (Lipinski definition) is 0. The molecule has 14 heavy (non-hydrogen) atoms. The van der Waals surface area contributed by atoms with Gasteiger partial charge in [0.25, 0.3) is 0 Å². The molecule has 0 fully saturated rings. The summed E-state index contributed by atoms with van der Waals surface area (Å²) in [6, 6.07) is 8.07. The molecule has 2 aromatic rings. The van der Waals surface area contributed by atoms with Gasteiger partial charge in [0.2, 0.25) is 0 Å². The van der Waals surface area contributed by atoms with Gasteiger partial charge in [0.05, 0.1) is 5.69 Å². The molecule has 0 amide bonds. The van der Waals surface area contributed by atoms with E-state index < -0.39 is 0 Å². The summed E-state index contributed by atoms with van der Waals surface area (Å²) >= 11 is 5.75. The van der Waals surface area contributed by atoms with Crippen LogP contribution in [0.4, 0.5) is 0 Å². The molecule has 2 nitrogen and oxygen atoms in total. The summed E-state index contributed by atoms with van der Waals surface area (Å²) in [5, 5.41) is 4.19. The summed E-state index contributed by atoms with van der Waals surface area (Å²) in [5.74, 6) is 0.556. The molecular formula is C11H11ClN2. The molecule has 0 saturated heterocycles. The normalized spacial score (nSPS) is 10.4. The molecule has 0 aliphatic rings. The average Bonchev–Trinajstić information content (AvgIpc) is 2.70. The molecule has 0 atom stereocenters. The van der Waals surface area contributed by atoms with Crippen LogP contribution in [-0.4, -0.2) is 9.78 Å². The molecular weight excluding hydrogens is 196 g/mol. The standard InChI is InChI=1S/C11H11ClN2/c1-9-7-10(8-12)3-4-11(9)14-6-2-5-13-14/h2-7H,8H2,1H3. The Hall–Kier alpha value is -1.28. The van der Waals surface area contributed by atoms with Gasteiger partial charge in [-0.2, -0.15) is 5.10 Å². The Kier molecular flexibility index (Phi) is 2.55. The molecule has 0 bridgehead atoms. The molecule has 0 aliphatic heterocycles. The third-order valence-electron chi connectivity index (χ3n) is 2.17. The highest BCUT2D eigenvalue weighted by Gasteiger charge is 2.01. The summed E-state index contributed by atoms with van der Waals surface area (Å²) < 4.78 is 1.85. The van der Waals surface area contributed by atoms with Crippen molar-refractivity contribution in [2.45, 2.75) is 12.8 Å². The number of rotatable bonds is 2. The number of halogens is 1. The molecule has 0 unspecified atom stereocenters. The molecule has 0 N–H and O–H groups in total. The van der Waals surface area contributed by atoms with Crippen LogP contribution in [0.2, 0.25) is 0 Å². The number of alkyl halides is 1. The van der Waals surface area contributed by atoms with Crippen molar-refractivity contribution in [3.8, 4) is 5.69 Å². The lowest BCUT2D eigenvalue weighted by Gasteiger charge is -2.06. The Balaban J connectivity index is 2.46. The van der Waals surface area contributed by atoms with E-state index in [1.54, 1.807) is 6.20 Å². The van der Waals surface area contributed by atoms with Gasteiger partial charge in [-0.05, 0) is 30.2 Å². The first-order valence-corrected chi connectivity index (χ1v) is 5.00. The number of aryl methyl sites for hydroxylation is 1. The van der Waals surface area contributed by atoms with E-state index >= 15 is 0 Å². The molecule has 0 aliphatic carbocycles. The van der Waals surface area contributed by atoms with Crippen molar-refractivity contribution in [1.82, 2.24) is 9.78 Å². The molecule has 72 valence electrons. The van der Waals surface area contributed by atoms with Crippen LogP contribution in [-0.2, 0) is 5.88 Å². The average molecular weight is 207 g/mol. The molecule has 1 aromatic heterocycles. The van der Waals surface area contributed by atoms with Crippen LogP contribution in [0.25, 0.3) is 5.69 Å². The lowest BCUT2D eigenvalue weighted by Crippen LogP contribution is -1.97. The smallest absolute Gasteiger partial charge is 0.0674 e. The summed E-state index contributed by atoms with van der Waals surface area (Å²) in [4.78, 5) is 0. The maximum absolute atomic E-state index is 5.75. The predicted octanol–water partition coefficient (Wildman–Crippen LogP) is 2.92. The third-order valence-corrected chi connectivity index (χ3v) is 2.48. The molecule has 0 saturated carbocycles. The summed E-state index contributed by atoms with van der Waals surface area (Å²) in [6.07, 6.45) is 3.71. The Labute approximate surface area is 88.1 Å². The van der Waals surface area contributed by atoms with E-state index in [0.29, 0.717) is 5.88 Å². The summed E-state index contributed by atoms with van der Waals surface area (Å²) in [6.45, 7) is 2.06. The van der Waals surface area contributed by atoms with Gasteiger partial charge in [0.15, 0.2) is 0 Å². The van der Waals surface area contributed by atoms with Crippen molar-refractivity contribution in [2.24, 2.45) is 0 Å². The number of benzene rings is 1. The van der Waals surface area contributed by atoms with E-state index in [1.807, 2.05) is 29.1 Å². The highest BCUT2D eigenvalue weighted by molar-refractivity contribution is 6.17. The van der Waals surface area contributed by atoms with Gasteiger partial charge in [-0.25, -0.2) is 4.68 Å². The topological polar surface area (TPSA) is 17.8 Å². The highest BCUT2D eigenvalue weighted by atomic mass is 35.5. The van der Waals surface area contributed by atoms with Gasteiger partial charge in [0, 0.05) is 18.3 Å². The zero-order chi connectivity index (χ0) is 9.97. The Morgan fingerprint density at radius 3 is 2.86 bits per heavy atom. The van der Waals surface area contributed by atoms with Crippen LogP contribution in [0.5, 0.6) is 0 Å².